The molecule has 2 aromatic heterocycles. The van der Waals surface area contributed by atoms with Crippen LogP contribution in [-0.2, 0) is 18.3 Å². The number of hydrogen-bond donors (Lipinski definition) is 1. The summed E-state index contributed by atoms with van der Waals surface area (Å²) in [5.41, 5.74) is 5.21. The molecule has 0 amide bonds. The second kappa shape index (κ2) is 8.56. The van der Waals surface area contributed by atoms with E-state index >= 15 is 0 Å². The van der Waals surface area contributed by atoms with Crippen molar-refractivity contribution in [2.24, 2.45) is 5.92 Å². The van der Waals surface area contributed by atoms with Crippen molar-refractivity contribution in [3.05, 3.63) is 89.6 Å². The minimum atomic E-state index is -0.569. The van der Waals surface area contributed by atoms with Crippen molar-refractivity contribution in [1.82, 2.24) is 14.8 Å². The third-order valence-electron chi connectivity index (χ3n) is 8.72. The van der Waals surface area contributed by atoms with Gasteiger partial charge in [0, 0.05) is 22.7 Å². The van der Waals surface area contributed by atoms with E-state index in [1.54, 1.807) is 12.1 Å². The van der Waals surface area contributed by atoms with E-state index in [0.717, 1.165) is 73.7 Å². The van der Waals surface area contributed by atoms with E-state index in [-0.39, 0.29) is 11.2 Å². The fourth-order valence-corrected chi connectivity index (χ4v) is 6.74. The lowest BCUT2D eigenvalue weighted by molar-refractivity contribution is -0.0499. The summed E-state index contributed by atoms with van der Waals surface area (Å²) in [6.07, 6.45) is 11.4. The number of halogens is 1. The molecule has 2 aliphatic rings. The number of hydrogen-bond acceptors (Lipinski definition) is 3. The highest BCUT2D eigenvalue weighted by Crippen LogP contribution is 2.54. The highest BCUT2D eigenvalue weighted by Gasteiger charge is 2.50. The van der Waals surface area contributed by atoms with Crippen molar-refractivity contribution in [2.45, 2.75) is 69.3 Å². The lowest BCUT2D eigenvalue weighted by Gasteiger charge is -2.50. The number of pyridine rings is 1. The Kier molecular flexibility index (Phi) is 5.48. The fraction of sp³-hybridized carbons (Fsp3) is 0.400. The number of nitrogens with zero attached hydrogens (tertiary/aromatic N) is 3. The zero-order chi connectivity index (χ0) is 24.0. The molecule has 3 atom stereocenters. The molecule has 2 aromatic carbocycles. The van der Waals surface area contributed by atoms with Crippen LogP contribution in [0.2, 0.25) is 0 Å². The van der Waals surface area contributed by atoms with E-state index in [9.17, 15) is 9.50 Å². The van der Waals surface area contributed by atoms with E-state index in [4.69, 9.17) is 4.98 Å². The Morgan fingerprint density at radius 1 is 1.11 bits per heavy atom. The predicted octanol–water partition coefficient (Wildman–Crippen LogP) is 6.32. The molecule has 1 N–H and O–H groups in total. The van der Waals surface area contributed by atoms with Gasteiger partial charge in [0.1, 0.15) is 5.82 Å². The van der Waals surface area contributed by atoms with Gasteiger partial charge in [0.15, 0.2) is 0 Å². The van der Waals surface area contributed by atoms with Crippen LogP contribution in [0.15, 0.2) is 67.0 Å². The van der Waals surface area contributed by atoms with Crippen molar-refractivity contribution in [3.8, 4) is 5.69 Å². The number of aryl methyl sites for hydroxylation is 1. The Morgan fingerprint density at radius 2 is 1.97 bits per heavy atom. The monoisotopic (exact) mass is 469 g/mol. The fourth-order valence-electron chi connectivity index (χ4n) is 6.74. The largest absolute Gasteiger partial charge is 0.390 e. The molecule has 0 saturated heterocycles. The van der Waals surface area contributed by atoms with Crippen LogP contribution in [0.1, 0.15) is 62.3 Å². The molecule has 5 heteroatoms. The van der Waals surface area contributed by atoms with Crippen LogP contribution in [0, 0.1) is 11.7 Å². The molecule has 6 rings (SSSR count). The van der Waals surface area contributed by atoms with Crippen LogP contribution in [0.3, 0.4) is 0 Å². The smallest absolute Gasteiger partial charge is 0.123 e. The Labute approximate surface area is 205 Å². The molecule has 35 heavy (non-hydrogen) atoms. The van der Waals surface area contributed by atoms with Crippen LogP contribution in [-0.4, -0.2) is 25.5 Å². The quantitative estimate of drug-likeness (QED) is 0.381. The number of aromatic nitrogens is 3. The average Bonchev–Trinajstić information content (AvgIpc) is 3.23. The van der Waals surface area contributed by atoms with Crippen molar-refractivity contribution in [1.29, 1.82) is 0 Å². The van der Waals surface area contributed by atoms with Crippen molar-refractivity contribution >= 4 is 10.9 Å². The Morgan fingerprint density at radius 3 is 2.74 bits per heavy atom. The molecule has 0 spiro atoms. The molecule has 0 bridgehead atoms. The number of fused-ring (bicyclic) bond motifs is 4. The maximum Gasteiger partial charge on any atom is 0.123 e. The van der Waals surface area contributed by atoms with Gasteiger partial charge < -0.3 is 5.11 Å². The van der Waals surface area contributed by atoms with Crippen LogP contribution in [0.5, 0.6) is 0 Å². The summed E-state index contributed by atoms with van der Waals surface area (Å²) in [7, 11) is 0. The molecule has 4 nitrogen and oxygen atoms in total. The topological polar surface area (TPSA) is 50.9 Å². The number of rotatable bonds is 4. The molecule has 1 fully saturated rings. The van der Waals surface area contributed by atoms with Gasteiger partial charge in [-0.15, -0.1) is 0 Å². The first-order chi connectivity index (χ1) is 17.0. The Hall–Kier alpha value is -3.05. The highest BCUT2D eigenvalue weighted by atomic mass is 19.1. The number of benzene rings is 2. The summed E-state index contributed by atoms with van der Waals surface area (Å²) in [6.45, 7) is 2.11. The minimum Gasteiger partial charge on any atom is -0.390 e. The second-order valence-corrected chi connectivity index (χ2v) is 10.6. The van der Waals surface area contributed by atoms with Gasteiger partial charge in [0.05, 0.1) is 23.0 Å². The van der Waals surface area contributed by atoms with Crippen LogP contribution < -0.4 is 0 Å². The molecular formula is C30H32FN3O. The van der Waals surface area contributed by atoms with Crippen molar-refractivity contribution in [2.75, 3.05) is 0 Å². The molecule has 0 aliphatic heterocycles. The first kappa shape index (κ1) is 22.4. The maximum absolute atomic E-state index is 13.5. The third-order valence-corrected chi connectivity index (χ3v) is 8.72. The Bertz CT molecular complexity index is 1350. The van der Waals surface area contributed by atoms with Crippen LogP contribution in [0.25, 0.3) is 16.6 Å². The summed E-state index contributed by atoms with van der Waals surface area (Å²) >= 11 is 0. The average molecular weight is 470 g/mol. The second-order valence-electron chi connectivity index (χ2n) is 10.6. The van der Waals surface area contributed by atoms with Gasteiger partial charge in [-0.05, 0) is 117 Å². The van der Waals surface area contributed by atoms with E-state index in [2.05, 4.69) is 36.3 Å². The third kappa shape index (κ3) is 3.86. The van der Waals surface area contributed by atoms with E-state index in [0.29, 0.717) is 5.92 Å². The highest BCUT2D eigenvalue weighted by molar-refractivity contribution is 5.82. The summed E-state index contributed by atoms with van der Waals surface area (Å²) < 4.78 is 15.4. The van der Waals surface area contributed by atoms with Gasteiger partial charge in [-0.3, -0.25) is 4.98 Å². The van der Waals surface area contributed by atoms with E-state index in [1.807, 2.05) is 23.1 Å². The first-order valence-electron chi connectivity index (χ1n) is 12.9. The van der Waals surface area contributed by atoms with Crippen molar-refractivity contribution in [3.63, 3.8) is 0 Å². The van der Waals surface area contributed by atoms with E-state index in [1.165, 1.54) is 23.3 Å². The van der Waals surface area contributed by atoms with Gasteiger partial charge in [-0.2, -0.15) is 5.10 Å². The summed E-state index contributed by atoms with van der Waals surface area (Å²) in [6, 6.07) is 17.4. The normalized spacial score (nSPS) is 26.2. The minimum absolute atomic E-state index is 0.0479. The first-order valence-corrected chi connectivity index (χ1v) is 12.9. The molecule has 2 aliphatic carbocycles. The zero-order valence-electron chi connectivity index (χ0n) is 20.3. The van der Waals surface area contributed by atoms with Gasteiger partial charge in [-0.25, -0.2) is 9.07 Å². The van der Waals surface area contributed by atoms with Crippen LogP contribution >= 0.6 is 0 Å². The standard InChI is InChI=1S/C30H32FN3O/c1-2-29(35)13-14-30(19-25-8-3-4-15-32-25)23(18-29)7-5-6-21-17-28-22(16-27(21)30)20-33-34(28)26-11-9-24(31)10-12-26/h3-4,8-12,15-17,20,23,35H,2,5-7,13-14,18-19H2,1H3/t23-,29+,30-/m1/s1. The maximum atomic E-state index is 13.5. The van der Waals surface area contributed by atoms with Gasteiger partial charge in [0.25, 0.3) is 0 Å². The van der Waals surface area contributed by atoms with Crippen molar-refractivity contribution < 1.29 is 9.50 Å². The SMILES string of the molecule is CC[C@]1(O)CC[C@]2(Cc3ccccn3)c3cc4cnn(-c5ccc(F)cc5)c4cc3CCC[C@@H]2C1. The van der Waals surface area contributed by atoms with Crippen LogP contribution in [0.4, 0.5) is 4.39 Å². The lowest BCUT2D eigenvalue weighted by Crippen LogP contribution is -2.49. The van der Waals surface area contributed by atoms with Gasteiger partial charge in [0.2, 0.25) is 0 Å². The predicted molar refractivity (Wildman–Crippen MR) is 136 cm³/mol. The Balaban J connectivity index is 1.51. The lowest BCUT2D eigenvalue weighted by atomic mass is 9.56. The van der Waals surface area contributed by atoms with Gasteiger partial charge >= 0.3 is 0 Å². The molecule has 0 unspecified atom stereocenters. The van der Waals surface area contributed by atoms with Gasteiger partial charge in [-0.1, -0.05) is 13.0 Å². The molecule has 4 aromatic rings. The zero-order valence-corrected chi connectivity index (χ0v) is 20.3. The molecule has 0 radical (unpaired) electrons. The van der Waals surface area contributed by atoms with E-state index < -0.39 is 5.60 Å². The molecular weight excluding hydrogens is 437 g/mol. The number of aliphatic hydroxyl groups is 1. The molecule has 2 heterocycles. The summed E-state index contributed by atoms with van der Waals surface area (Å²) in [5.74, 6) is 0.167. The molecule has 180 valence electrons. The molecule has 1 saturated carbocycles. The summed E-state index contributed by atoms with van der Waals surface area (Å²) in [5, 5.41) is 17.1. The summed E-state index contributed by atoms with van der Waals surface area (Å²) in [4.78, 5) is 4.72.